The van der Waals surface area contributed by atoms with Crippen molar-refractivity contribution in [2.45, 2.75) is 49.0 Å². The minimum Gasteiger partial charge on any atom is -0.394 e. The molecule has 1 saturated heterocycles. The molecule has 8 N–H and O–H groups in total. The Hall–Kier alpha value is -0.730. The van der Waals surface area contributed by atoms with Crippen molar-refractivity contribution in [3.63, 3.8) is 0 Å². The molecule has 1 heterocycles. The van der Waals surface area contributed by atoms with Gasteiger partial charge in [0, 0.05) is 0 Å². The zero-order valence-electron chi connectivity index (χ0n) is 12.0. The first kappa shape index (κ1) is 20.3. The summed E-state index contributed by atoms with van der Waals surface area (Å²) >= 11 is 0. The van der Waals surface area contributed by atoms with Crippen molar-refractivity contribution in [3.05, 3.63) is 0 Å². The molecule has 11 heteroatoms. The average Bonchev–Trinajstić information content (AvgIpc) is 2.57. The summed E-state index contributed by atoms with van der Waals surface area (Å²) in [7, 11) is 0. The number of ketones is 1. The molecule has 1 rings (SSSR count). The molecule has 0 aliphatic carbocycles. The molecule has 1 aliphatic heterocycles. The first-order valence-electron chi connectivity index (χ1n) is 6.85. The first-order chi connectivity index (χ1) is 10.8. The highest BCUT2D eigenvalue weighted by molar-refractivity contribution is 5.84. The molecule has 0 spiro atoms. The fourth-order valence-corrected chi connectivity index (χ4v) is 2.07. The standard InChI is InChI=1S/C12H22O11/c13-1-4(16)7(18)11(5(17)2-14)23-12-10(21)9(20)8(19)6(3-15)22-12/h4,6-16,18-21H,1-3H2/t4-,6+,7-,8+,9+,10+,11-,12+/m1/s1. The molecule has 1 aliphatic rings. The van der Waals surface area contributed by atoms with E-state index in [1.165, 1.54) is 0 Å². The van der Waals surface area contributed by atoms with Crippen molar-refractivity contribution in [2.24, 2.45) is 0 Å². The highest BCUT2D eigenvalue weighted by atomic mass is 16.7. The van der Waals surface area contributed by atoms with Gasteiger partial charge in [-0.25, -0.2) is 0 Å². The van der Waals surface area contributed by atoms with E-state index in [9.17, 15) is 30.3 Å². The van der Waals surface area contributed by atoms with E-state index in [1.807, 2.05) is 0 Å². The van der Waals surface area contributed by atoms with Gasteiger partial charge in [-0.05, 0) is 0 Å². The molecule has 136 valence electrons. The summed E-state index contributed by atoms with van der Waals surface area (Å²) in [5.41, 5.74) is 0. The lowest BCUT2D eigenvalue weighted by Crippen LogP contribution is -2.61. The van der Waals surface area contributed by atoms with Crippen LogP contribution in [0.1, 0.15) is 0 Å². The van der Waals surface area contributed by atoms with E-state index in [2.05, 4.69) is 0 Å². The number of carbonyl (C=O) groups excluding carboxylic acids is 1. The maximum atomic E-state index is 11.6. The monoisotopic (exact) mass is 342 g/mol. The van der Waals surface area contributed by atoms with Gasteiger partial charge in [-0.2, -0.15) is 0 Å². The van der Waals surface area contributed by atoms with Crippen molar-refractivity contribution in [2.75, 3.05) is 19.8 Å². The second-order valence-corrected chi connectivity index (χ2v) is 5.12. The largest absolute Gasteiger partial charge is 0.394 e. The molecule has 0 unspecified atom stereocenters. The van der Waals surface area contributed by atoms with Crippen LogP contribution in [0.15, 0.2) is 0 Å². The van der Waals surface area contributed by atoms with E-state index < -0.39 is 74.6 Å². The number of Topliss-reactive ketones (excluding diaryl/α,β-unsaturated/α-hetero) is 1. The molecule has 0 amide bonds. The third-order valence-corrected chi connectivity index (χ3v) is 3.49. The Balaban J connectivity index is 2.91. The molecule has 0 aromatic carbocycles. The van der Waals surface area contributed by atoms with Crippen LogP contribution < -0.4 is 0 Å². The Morgan fingerprint density at radius 1 is 1.04 bits per heavy atom. The molecule has 11 nitrogen and oxygen atoms in total. The summed E-state index contributed by atoms with van der Waals surface area (Å²) in [6.07, 6.45) is -13.9. The highest BCUT2D eigenvalue weighted by Crippen LogP contribution is 2.24. The Morgan fingerprint density at radius 3 is 2.13 bits per heavy atom. The fraction of sp³-hybridized carbons (Fsp3) is 0.917. The summed E-state index contributed by atoms with van der Waals surface area (Å²) < 4.78 is 10.0. The van der Waals surface area contributed by atoms with Crippen LogP contribution in [0.5, 0.6) is 0 Å². The van der Waals surface area contributed by atoms with Crippen molar-refractivity contribution < 1.29 is 55.1 Å². The second-order valence-electron chi connectivity index (χ2n) is 5.12. The summed E-state index contributed by atoms with van der Waals surface area (Å²) in [6, 6.07) is 0. The number of aliphatic hydroxyl groups is 8. The molecule has 0 bridgehead atoms. The minimum atomic E-state index is -1.95. The van der Waals surface area contributed by atoms with Crippen LogP contribution in [-0.4, -0.2) is 115 Å². The molecular formula is C12H22O11. The average molecular weight is 342 g/mol. The minimum absolute atomic E-state index is 0.731. The molecular weight excluding hydrogens is 320 g/mol. The quantitative estimate of drug-likeness (QED) is 0.209. The zero-order valence-corrected chi connectivity index (χ0v) is 12.0. The van der Waals surface area contributed by atoms with Crippen LogP contribution in [0.4, 0.5) is 0 Å². The maximum Gasteiger partial charge on any atom is 0.189 e. The number of ether oxygens (including phenoxy) is 2. The van der Waals surface area contributed by atoms with Crippen molar-refractivity contribution >= 4 is 5.78 Å². The maximum absolute atomic E-state index is 11.6. The van der Waals surface area contributed by atoms with Gasteiger partial charge in [-0.1, -0.05) is 0 Å². The van der Waals surface area contributed by atoms with Gasteiger partial charge in [0.2, 0.25) is 0 Å². The Morgan fingerprint density at radius 2 is 1.65 bits per heavy atom. The lowest BCUT2D eigenvalue weighted by Gasteiger charge is -2.41. The lowest BCUT2D eigenvalue weighted by molar-refractivity contribution is -0.315. The van der Waals surface area contributed by atoms with Gasteiger partial charge in [-0.3, -0.25) is 4.79 Å². The highest BCUT2D eigenvalue weighted by Gasteiger charge is 2.46. The van der Waals surface area contributed by atoms with Crippen molar-refractivity contribution in [1.29, 1.82) is 0 Å². The fourth-order valence-electron chi connectivity index (χ4n) is 2.07. The van der Waals surface area contributed by atoms with Crippen LogP contribution in [0.25, 0.3) is 0 Å². The molecule has 0 aromatic rings. The van der Waals surface area contributed by atoms with Gasteiger partial charge in [0.15, 0.2) is 12.1 Å². The van der Waals surface area contributed by atoms with Gasteiger partial charge in [0.25, 0.3) is 0 Å². The molecule has 23 heavy (non-hydrogen) atoms. The summed E-state index contributed by atoms with van der Waals surface area (Å²) in [4.78, 5) is 11.6. The van der Waals surface area contributed by atoms with E-state index >= 15 is 0 Å². The molecule has 0 saturated carbocycles. The number of aliphatic hydroxyl groups excluding tert-OH is 8. The zero-order chi connectivity index (χ0) is 17.7. The lowest BCUT2D eigenvalue weighted by atomic mass is 9.98. The van der Waals surface area contributed by atoms with Gasteiger partial charge < -0.3 is 50.3 Å². The van der Waals surface area contributed by atoms with Crippen molar-refractivity contribution in [1.82, 2.24) is 0 Å². The third kappa shape index (κ3) is 4.64. The van der Waals surface area contributed by atoms with Crippen LogP contribution in [0.2, 0.25) is 0 Å². The summed E-state index contributed by atoms with van der Waals surface area (Å²) in [5, 5.41) is 74.9. The van der Waals surface area contributed by atoms with E-state index in [1.54, 1.807) is 0 Å². The first-order valence-corrected chi connectivity index (χ1v) is 6.85. The Bertz CT molecular complexity index is 376. The second kappa shape index (κ2) is 8.94. The smallest absolute Gasteiger partial charge is 0.189 e. The number of hydrogen-bond acceptors (Lipinski definition) is 11. The number of hydrogen-bond donors (Lipinski definition) is 8. The Labute approximate surface area is 130 Å². The third-order valence-electron chi connectivity index (χ3n) is 3.49. The van der Waals surface area contributed by atoms with Crippen molar-refractivity contribution in [3.8, 4) is 0 Å². The predicted molar refractivity (Wildman–Crippen MR) is 69.8 cm³/mol. The summed E-state index contributed by atoms with van der Waals surface area (Å²) in [5.74, 6) is -1.08. The van der Waals surface area contributed by atoms with Crippen LogP contribution >= 0.6 is 0 Å². The van der Waals surface area contributed by atoms with Crippen LogP contribution in [0, 0.1) is 0 Å². The van der Waals surface area contributed by atoms with Gasteiger partial charge in [0.1, 0.15) is 49.3 Å². The normalized spacial score (nSPS) is 35.6. The topological polar surface area (TPSA) is 197 Å². The molecule has 0 aromatic heterocycles. The van der Waals surface area contributed by atoms with E-state index in [0.717, 1.165) is 0 Å². The molecule has 1 fully saturated rings. The van der Waals surface area contributed by atoms with Crippen LogP contribution in [-0.2, 0) is 14.3 Å². The molecule has 0 radical (unpaired) electrons. The molecule has 8 atom stereocenters. The van der Waals surface area contributed by atoms with Crippen LogP contribution in [0.3, 0.4) is 0 Å². The SMILES string of the molecule is O=C(CO)[C@@H](O[C@@H]1O[C@@H](CO)[C@H](O)[C@H](O)[C@@H]1O)[C@H](O)[C@H](O)CO. The summed E-state index contributed by atoms with van der Waals surface area (Å²) in [6.45, 7) is -2.71. The Kier molecular flexibility index (Phi) is 7.89. The van der Waals surface area contributed by atoms with E-state index in [0.29, 0.717) is 0 Å². The van der Waals surface area contributed by atoms with Gasteiger partial charge >= 0.3 is 0 Å². The van der Waals surface area contributed by atoms with E-state index in [4.69, 9.17) is 24.8 Å². The number of carbonyl (C=O) groups is 1. The predicted octanol–water partition coefficient (Wildman–Crippen LogP) is -5.55. The van der Waals surface area contributed by atoms with Gasteiger partial charge in [0.05, 0.1) is 13.2 Å². The van der Waals surface area contributed by atoms with Gasteiger partial charge in [-0.15, -0.1) is 0 Å². The van der Waals surface area contributed by atoms with E-state index in [-0.39, 0.29) is 0 Å². The number of rotatable bonds is 8.